The Labute approximate surface area is 209 Å². The predicted molar refractivity (Wildman–Crippen MR) is 134 cm³/mol. The largest absolute Gasteiger partial charge is 0.467 e. The molecule has 3 unspecified atom stereocenters. The number of hydrogen-bond acceptors (Lipinski definition) is 8. The lowest BCUT2D eigenvalue weighted by Crippen LogP contribution is -2.43. The maximum Gasteiger partial charge on any atom is 0.320 e. The van der Waals surface area contributed by atoms with Gasteiger partial charge in [-0.3, -0.25) is 4.90 Å². The van der Waals surface area contributed by atoms with Crippen LogP contribution in [-0.2, 0) is 4.74 Å². The topological polar surface area (TPSA) is 88.8 Å². The summed E-state index contributed by atoms with van der Waals surface area (Å²) in [5.74, 6) is 1.23. The van der Waals surface area contributed by atoms with Crippen LogP contribution in [0.4, 0.5) is 10.2 Å². The molecule has 36 heavy (non-hydrogen) atoms. The molecule has 0 aliphatic carbocycles. The lowest BCUT2D eigenvalue weighted by molar-refractivity contribution is 0.0709. The van der Waals surface area contributed by atoms with Crippen LogP contribution in [0.15, 0.2) is 24.4 Å². The average Bonchev–Trinajstić information content (AvgIpc) is 3.59. The number of morpholine rings is 1. The number of hydrogen-bond donors (Lipinski definition) is 1. The third-order valence-corrected chi connectivity index (χ3v) is 7.78. The van der Waals surface area contributed by atoms with Crippen molar-refractivity contribution in [3.63, 3.8) is 0 Å². The number of β-amino-alcohol motifs (C(OH)–C–C–N with tert-alkyl or cyclic N) is 1. The summed E-state index contributed by atoms with van der Waals surface area (Å²) >= 11 is 0. The minimum Gasteiger partial charge on any atom is -0.467 e. The summed E-state index contributed by atoms with van der Waals surface area (Å²) in [6.07, 6.45) is 2.33. The highest BCUT2D eigenvalue weighted by Gasteiger charge is 2.40. The maximum absolute atomic E-state index is 15.4. The summed E-state index contributed by atoms with van der Waals surface area (Å²) in [6.45, 7) is 6.90. The van der Waals surface area contributed by atoms with Crippen LogP contribution in [0.3, 0.4) is 0 Å². The zero-order valence-corrected chi connectivity index (χ0v) is 21.0. The molecule has 5 atom stereocenters. The summed E-state index contributed by atoms with van der Waals surface area (Å²) in [5, 5.41) is 15.3. The zero-order chi connectivity index (χ0) is 25.0. The molecule has 2 aromatic heterocycles. The second-order valence-corrected chi connectivity index (χ2v) is 10.4. The maximum atomic E-state index is 15.4. The highest BCUT2D eigenvalue weighted by atomic mass is 19.1. The first-order valence-electron chi connectivity index (χ1n) is 12.7. The van der Waals surface area contributed by atoms with Gasteiger partial charge >= 0.3 is 6.01 Å². The Morgan fingerprint density at radius 1 is 1.22 bits per heavy atom. The van der Waals surface area contributed by atoms with E-state index in [0.29, 0.717) is 38.0 Å². The minimum absolute atomic E-state index is 0.196. The van der Waals surface area contributed by atoms with Gasteiger partial charge in [0.1, 0.15) is 12.0 Å². The van der Waals surface area contributed by atoms with Crippen LogP contribution in [0.1, 0.15) is 36.8 Å². The van der Waals surface area contributed by atoms with Gasteiger partial charge in [0.15, 0.2) is 5.82 Å². The number of ether oxygens (including phenoxy) is 2. The van der Waals surface area contributed by atoms with Crippen LogP contribution in [0, 0.1) is 6.92 Å². The van der Waals surface area contributed by atoms with Crippen LogP contribution < -0.4 is 9.64 Å². The van der Waals surface area contributed by atoms with E-state index in [0.717, 1.165) is 47.4 Å². The second kappa shape index (κ2) is 9.24. The molecule has 0 amide bonds. The SMILES string of the molecule is COc1nc(N2C[C@H]3C[C@@H]2CO3)cc(-n2ncc3cc(C)c(C4CCN(CC(C)O)CC4F)cc32)n1. The van der Waals surface area contributed by atoms with Crippen molar-refractivity contribution in [2.75, 3.05) is 44.8 Å². The molecular weight excluding hydrogens is 463 g/mol. The Bertz CT molecular complexity index is 1270. The summed E-state index contributed by atoms with van der Waals surface area (Å²) in [4.78, 5) is 13.5. The lowest BCUT2D eigenvalue weighted by atomic mass is 9.85. The Balaban J connectivity index is 1.35. The van der Waals surface area contributed by atoms with Crippen molar-refractivity contribution < 1.29 is 19.0 Å². The Kier molecular flexibility index (Phi) is 6.05. The van der Waals surface area contributed by atoms with Crippen molar-refractivity contribution in [2.24, 2.45) is 0 Å². The van der Waals surface area contributed by atoms with Crippen molar-refractivity contribution in [3.8, 4) is 11.8 Å². The molecule has 0 saturated carbocycles. The fraction of sp³-hybridized carbons (Fsp3) is 0.577. The van der Waals surface area contributed by atoms with Crippen LogP contribution in [0.5, 0.6) is 6.01 Å². The fourth-order valence-electron chi connectivity index (χ4n) is 6.07. The van der Waals surface area contributed by atoms with Crippen molar-refractivity contribution in [3.05, 3.63) is 35.5 Å². The van der Waals surface area contributed by atoms with E-state index in [2.05, 4.69) is 32.1 Å². The number of fused-ring (bicyclic) bond motifs is 3. The minimum atomic E-state index is -0.997. The first-order valence-corrected chi connectivity index (χ1v) is 12.7. The van der Waals surface area contributed by atoms with Gasteiger partial charge in [-0.25, -0.2) is 9.07 Å². The fourth-order valence-corrected chi connectivity index (χ4v) is 6.07. The van der Waals surface area contributed by atoms with Gasteiger partial charge in [-0.2, -0.15) is 15.1 Å². The standard InChI is InChI=1S/C26H33FN6O3/c1-15-6-17-10-28-33(23(17)8-21(15)20-4-5-31(11-16(2)34)13-22(20)27)25-9-24(29-26(30-25)35-3)32-12-19-7-18(32)14-36-19/h6,8-10,16,18-20,22,34H,4-5,7,11-14H2,1-3H3/t16?,18-,19-,20?,22?/m1/s1. The molecular formula is C26H33FN6O3. The van der Waals surface area contributed by atoms with Gasteiger partial charge in [0.2, 0.25) is 0 Å². The molecule has 3 saturated heterocycles. The summed E-state index contributed by atoms with van der Waals surface area (Å²) < 4.78 is 28.4. The van der Waals surface area contributed by atoms with Crippen molar-refractivity contribution >= 4 is 16.7 Å². The van der Waals surface area contributed by atoms with Crippen LogP contribution in [0.25, 0.3) is 16.7 Å². The van der Waals surface area contributed by atoms with Crippen molar-refractivity contribution in [2.45, 2.75) is 57.0 Å². The molecule has 3 aromatic rings. The van der Waals surface area contributed by atoms with Gasteiger partial charge < -0.3 is 19.5 Å². The van der Waals surface area contributed by atoms with Gasteiger partial charge in [-0.05, 0) is 56.5 Å². The van der Waals surface area contributed by atoms with Crippen molar-refractivity contribution in [1.82, 2.24) is 24.6 Å². The molecule has 0 radical (unpaired) electrons. The number of aliphatic hydroxyl groups is 1. The monoisotopic (exact) mass is 496 g/mol. The number of aliphatic hydroxyl groups excluding tert-OH is 1. The van der Waals surface area contributed by atoms with Gasteiger partial charge in [0, 0.05) is 37.0 Å². The van der Waals surface area contributed by atoms with E-state index in [1.807, 2.05) is 24.1 Å². The number of aryl methyl sites for hydroxylation is 1. The van der Waals surface area contributed by atoms with Gasteiger partial charge in [-0.1, -0.05) is 0 Å². The van der Waals surface area contributed by atoms with Gasteiger partial charge in [0.05, 0.1) is 43.7 Å². The highest BCUT2D eigenvalue weighted by molar-refractivity contribution is 5.82. The number of piperidine rings is 1. The van der Waals surface area contributed by atoms with E-state index in [9.17, 15) is 5.11 Å². The number of alkyl halides is 1. The first-order chi connectivity index (χ1) is 17.4. The number of rotatable bonds is 6. The number of nitrogens with zero attached hydrogens (tertiary/aromatic N) is 6. The van der Waals surface area contributed by atoms with Crippen LogP contribution in [-0.4, -0.2) is 94.1 Å². The molecule has 0 spiro atoms. The Morgan fingerprint density at radius 3 is 2.75 bits per heavy atom. The van der Waals surface area contributed by atoms with E-state index in [1.54, 1.807) is 18.7 Å². The Morgan fingerprint density at radius 2 is 2.06 bits per heavy atom. The number of anilines is 1. The molecule has 10 heteroatoms. The third kappa shape index (κ3) is 4.21. The highest BCUT2D eigenvalue weighted by Crippen LogP contribution is 2.36. The molecule has 192 valence electrons. The number of halogens is 1. The zero-order valence-electron chi connectivity index (χ0n) is 21.0. The molecule has 3 fully saturated rings. The molecule has 1 N–H and O–H groups in total. The number of methoxy groups -OCH3 is 1. The molecule has 1 aromatic carbocycles. The van der Waals surface area contributed by atoms with E-state index in [1.165, 1.54) is 0 Å². The third-order valence-electron chi connectivity index (χ3n) is 7.78. The lowest BCUT2D eigenvalue weighted by Gasteiger charge is -2.36. The van der Waals surface area contributed by atoms with Crippen LogP contribution in [0.2, 0.25) is 0 Å². The molecule has 9 nitrogen and oxygen atoms in total. The van der Waals surface area contributed by atoms with Crippen molar-refractivity contribution in [1.29, 1.82) is 0 Å². The van der Waals surface area contributed by atoms with E-state index in [-0.39, 0.29) is 18.0 Å². The van der Waals surface area contributed by atoms with E-state index < -0.39 is 12.3 Å². The second-order valence-electron chi connectivity index (χ2n) is 10.4. The summed E-state index contributed by atoms with van der Waals surface area (Å²) in [6, 6.07) is 6.70. The molecule has 5 heterocycles. The molecule has 3 aliphatic rings. The number of likely N-dealkylation sites (tertiary alicyclic amines) is 1. The summed E-state index contributed by atoms with van der Waals surface area (Å²) in [5.41, 5.74) is 2.95. The molecule has 6 rings (SSSR count). The van der Waals surface area contributed by atoms with Crippen LogP contribution >= 0.6 is 0 Å². The smallest absolute Gasteiger partial charge is 0.320 e. The number of benzene rings is 1. The van der Waals surface area contributed by atoms with Gasteiger partial charge in [-0.15, -0.1) is 0 Å². The molecule has 3 aliphatic heterocycles. The van der Waals surface area contributed by atoms with Gasteiger partial charge in [0.25, 0.3) is 0 Å². The Hall–Kier alpha value is -2.82. The first kappa shape index (κ1) is 23.6. The normalized spacial score (nSPS) is 27.2. The van der Waals surface area contributed by atoms with E-state index in [4.69, 9.17) is 9.47 Å². The number of aromatic nitrogens is 4. The predicted octanol–water partition coefficient (Wildman–Crippen LogP) is 2.62. The van der Waals surface area contributed by atoms with E-state index >= 15 is 4.39 Å². The average molecular weight is 497 g/mol. The molecule has 2 bridgehead atoms. The summed E-state index contributed by atoms with van der Waals surface area (Å²) in [7, 11) is 1.57. The quantitative estimate of drug-likeness (QED) is 0.557.